The number of hydrogen-bond acceptors (Lipinski definition) is 1. The first-order valence-corrected chi connectivity index (χ1v) is 6.23. The lowest BCUT2D eigenvalue weighted by Gasteiger charge is -2.40. The van der Waals surface area contributed by atoms with Crippen molar-refractivity contribution in [1.29, 1.82) is 0 Å². The number of nitrogens with zero attached hydrogens (tertiary/aromatic N) is 2. The van der Waals surface area contributed by atoms with Gasteiger partial charge in [-0.25, -0.2) is 0 Å². The van der Waals surface area contributed by atoms with E-state index >= 15 is 0 Å². The molecule has 1 heterocycles. The van der Waals surface area contributed by atoms with E-state index in [9.17, 15) is 0 Å². The molecule has 0 amide bonds. The summed E-state index contributed by atoms with van der Waals surface area (Å²) in [6.07, 6.45) is 4.72. The molecule has 15 heavy (non-hydrogen) atoms. The monoisotopic (exact) mass is 246 g/mol. The molecule has 2 rings (SSSR count). The summed E-state index contributed by atoms with van der Waals surface area (Å²) in [4.78, 5) is 0. The van der Waals surface area contributed by atoms with Crippen LogP contribution in [0.15, 0.2) is 0 Å². The van der Waals surface area contributed by atoms with Gasteiger partial charge in [0.1, 0.15) is 5.15 Å². The molecule has 0 bridgehead atoms. The molecule has 1 aromatic rings. The Morgan fingerprint density at radius 2 is 2.13 bits per heavy atom. The zero-order chi connectivity index (χ0) is 11.1. The van der Waals surface area contributed by atoms with Crippen LogP contribution >= 0.6 is 23.2 Å². The fourth-order valence-corrected chi connectivity index (χ4v) is 2.89. The molecule has 0 aliphatic heterocycles. The van der Waals surface area contributed by atoms with Crippen molar-refractivity contribution >= 4 is 23.2 Å². The Hall–Kier alpha value is -0.210. The lowest BCUT2D eigenvalue weighted by Crippen LogP contribution is -2.33. The maximum atomic E-state index is 6.22. The van der Waals surface area contributed by atoms with Crippen molar-refractivity contribution in [1.82, 2.24) is 9.78 Å². The molecule has 0 saturated heterocycles. The van der Waals surface area contributed by atoms with E-state index in [2.05, 4.69) is 5.10 Å². The van der Waals surface area contributed by atoms with E-state index < -0.39 is 0 Å². The van der Waals surface area contributed by atoms with Gasteiger partial charge >= 0.3 is 0 Å². The third-order valence-corrected chi connectivity index (χ3v) is 4.56. The predicted molar refractivity (Wildman–Crippen MR) is 63.7 cm³/mol. The van der Waals surface area contributed by atoms with Gasteiger partial charge in [-0.1, -0.05) is 18.0 Å². The van der Waals surface area contributed by atoms with Gasteiger partial charge in [-0.3, -0.25) is 4.68 Å². The van der Waals surface area contributed by atoms with Crippen molar-refractivity contribution in [3.63, 3.8) is 0 Å². The minimum absolute atomic E-state index is 0.291. The second-order valence-electron chi connectivity index (χ2n) is 4.64. The van der Waals surface area contributed by atoms with Crippen molar-refractivity contribution in [2.24, 2.45) is 12.5 Å². The molecular weight excluding hydrogens is 231 g/mol. The van der Waals surface area contributed by atoms with Crippen molar-refractivity contribution in [3.05, 3.63) is 16.4 Å². The van der Waals surface area contributed by atoms with Gasteiger partial charge in [-0.05, 0) is 31.6 Å². The third-order valence-electron chi connectivity index (χ3n) is 3.52. The van der Waals surface area contributed by atoms with Crippen molar-refractivity contribution < 1.29 is 0 Å². The van der Waals surface area contributed by atoms with Crippen LogP contribution in [0, 0.1) is 12.3 Å². The topological polar surface area (TPSA) is 17.8 Å². The van der Waals surface area contributed by atoms with Gasteiger partial charge in [0.25, 0.3) is 0 Å². The first-order chi connectivity index (χ1) is 7.08. The summed E-state index contributed by atoms with van der Waals surface area (Å²) < 4.78 is 1.74. The highest BCUT2D eigenvalue weighted by atomic mass is 35.5. The lowest BCUT2D eigenvalue weighted by molar-refractivity contribution is 0.166. The minimum Gasteiger partial charge on any atom is -0.257 e. The van der Waals surface area contributed by atoms with Crippen LogP contribution in [-0.4, -0.2) is 15.7 Å². The van der Waals surface area contributed by atoms with Crippen LogP contribution in [0.4, 0.5) is 0 Å². The fraction of sp³-hybridized carbons (Fsp3) is 0.727. The molecule has 1 saturated carbocycles. The van der Waals surface area contributed by atoms with Crippen LogP contribution in [0.1, 0.15) is 30.5 Å². The van der Waals surface area contributed by atoms with Crippen LogP contribution in [-0.2, 0) is 13.5 Å². The van der Waals surface area contributed by atoms with E-state index in [1.807, 2.05) is 14.0 Å². The summed E-state index contributed by atoms with van der Waals surface area (Å²) in [6, 6.07) is 0. The standard InChI is InChI=1S/C11H16Cl2N2/c1-8-9(10(13)15(2)14-8)6-11(7-12)4-3-5-11/h3-7H2,1-2H3. The van der Waals surface area contributed by atoms with Gasteiger partial charge in [0, 0.05) is 18.5 Å². The third kappa shape index (κ3) is 1.90. The molecule has 0 atom stereocenters. The highest BCUT2D eigenvalue weighted by Gasteiger charge is 2.37. The number of rotatable bonds is 3. The second-order valence-corrected chi connectivity index (χ2v) is 5.27. The van der Waals surface area contributed by atoms with E-state index in [4.69, 9.17) is 23.2 Å². The first kappa shape index (κ1) is 11.3. The van der Waals surface area contributed by atoms with Gasteiger partial charge in [0.2, 0.25) is 0 Å². The van der Waals surface area contributed by atoms with Crippen LogP contribution in [0.25, 0.3) is 0 Å². The molecule has 1 fully saturated rings. The van der Waals surface area contributed by atoms with E-state index in [1.54, 1.807) is 4.68 Å². The largest absolute Gasteiger partial charge is 0.257 e. The maximum absolute atomic E-state index is 6.22. The molecule has 2 nitrogen and oxygen atoms in total. The van der Waals surface area contributed by atoms with E-state index in [0.717, 1.165) is 23.1 Å². The molecule has 0 N–H and O–H groups in total. The SMILES string of the molecule is Cc1nn(C)c(Cl)c1CC1(CCl)CCC1. The quantitative estimate of drug-likeness (QED) is 0.749. The highest BCUT2D eigenvalue weighted by Crippen LogP contribution is 2.45. The molecule has 0 unspecified atom stereocenters. The van der Waals surface area contributed by atoms with E-state index in [-0.39, 0.29) is 0 Å². The summed E-state index contributed by atoms with van der Waals surface area (Å²) in [5, 5.41) is 5.10. The highest BCUT2D eigenvalue weighted by molar-refractivity contribution is 6.30. The first-order valence-electron chi connectivity index (χ1n) is 5.32. The van der Waals surface area contributed by atoms with Crippen LogP contribution in [0.5, 0.6) is 0 Å². The van der Waals surface area contributed by atoms with Gasteiger partial charge in [-0.15, -0.1) is 11.6 Å². The molecule has 84 valence electrons. The Labute approximate surface area is 101 Å². The molecule has 4 heteroatoms. The molecule has 1 aromatic heterocycles. The van der Waals surface area contributed by atoms with Crippen LogP contribution < -0.4 is 0 Å². The lowest BCUT2D eigenvalue weighted by atomic mass is 9.67. The fourth-order valence-electron chi connectivity index (χ4n) is 2.28. The van der Waals surface area contributed by atoms with Crippen LogP contribution in [0.2, 0.25) is 5.15 Å². The molecule has 0 spiro atoms. The zero-order valence-corrected chi connectivity index (χ0v) is 10.7. The summed E-state index contributed by atoms with van der Waals surface area (Å²) in [6.45, 7) is 2.02. The predicted octanol–water partition coefficient (Wildman–Crippen LogP) is 3.33. The summed E-state index contributed by atoms with van der Waals surface area (Å²) >= 11 is 12.3. The Morgan fingerprint density at radius 3 is 2.47 bits per heavy atom. The summed E-state index contributed by atoms with van der Waals surface area (Å²) in [5.41, 5.74) is 2.51. The normalized spacial score (nSPS) is 18.9. The van der Waals surface area contributed by atoms with E-state index in [1.165, 1.54) is 24.8 Å². The Morgan fingerprint density at radius 1 is 1.47 bits per heavy atom. The average Bonchev–Trinajstić information content (AvgIpc) is 2.37. The Bertz CT molecular complexity index is 361. The molecule has 1 aliphatic rings. The maximum Gasteiger partial charge on any atom is 0.130 e. The second kappa shape index (κ2) is 3.99. The number of halogens is 2. The number of alkyl halides is 1. The molecule has 0 aromatic carbocycles. The molecular formula is C11H16Cl2N2. The van der Waals surface area contributed by atoms with E-state index in [0.29, 0.717) is 5.41 Å². The van der Waals surface area contributed by atoms with Gasteiger partial charge < -0.3 is 0 Å². The number of aromatic nitrogens is 2. The smallest absolute Gasteiger partial charge is 0.130 e. The molecule has 1 aliphatic carbocycles. The summed E-state index contributed by atoms with van der Waals surface area (Å²) in [5.74, 6) is 0.734. The van der Waals surface area contributed by atoms with Gasteiger partial charge in [-0.2, -0.15) is 5.10 Å². The van der Waals surface area contributed by atoms with Crippen LogP contribution in [0.3, 0.4) is 0 Å². The van der Waals surface area contributed by atoms with Crippen molar-refractivity contribution in [2.45, 2.75) is 32.6 Å². The number of hydrogen-bond donors (Lipinski definition) is 0. The van der Waals surface area contributed by atoms with Crippen molar-refractivity contribution in [2.75, 3.05) is 5.88 Å². The summed E-state index contributed by atoms with van der Waals surface area (Å²) in [7, 11) is 1.88. The van der Waals surface area contributed by atoms with Gasteiger partial charge in [0.15, 0.2) is 0 Å². The van der Waals surface area contributed by atoms with Gasteiger partial charge in [0.05, 0.1) is 5.69 Å². The minimum atomic E-state index is 0.291. The molecule has 0 radical (unpaired) electrons. The van der Waals surface area contributed by atoms with Crippen molar-refractivity contribution in [3.8, 4) is 0 Å². The Kier molecular flexibility index (Phi) is 3.00. The average molecular weight is 247 g/mol. The Balaban J connectivity index is 2.23. The zero-order valence-electron chi connectivity index (χ0n) is 9.19. The number of aryl methyl sites for hydroxylation is 2.